The fraction of sp³-hybridized carbons (Fsp3) is 0.889. The molecule has 0 aliphatic heterocycles. The lowest BCUT2D eigenvalue weighted by molar-refractivity contribution is -0.132. The zero-order chi connectivity index (χ0) is 10.3. The van der Waals surface area contributed by atoms with E-state index in [9.17, 15) is 4.79 Å². The van der Waals surface area contributed by atoms with Crippen LogP contribution in [-0.2, 0) is 4.79 Å². The Bertz CT molecular complexity index is 147. The predicted octanol–water partition coefficient (Wildman–Crippen LogP) is -0.0454. The molecule has 0 fully saturated rings. The van der Waals surface area contributed by atoms with Crippen LogP contribution >= 0.6 is 0 Å². The van der Waals surface area contributed by atoms with Crippen molar-refractivity contribution in [3.63, 3.8) is 0 Å². The van der Waals surface area contributed by atoms with E-state index in [1.54, 1.807) is 4.90 Å². The molecule has 0 heterocycles. The maximum Gasteiger partial charge on any atom is 0.236 e. The molecule has 0 aromatic carbocycles. The standard InChI is InChI=1S/C9H20N2O2/c1-3-8(4-2)11(5-6-12)9(13)7-10/h8,12H,3-7,10H2,1-2H3. The lowest BCUT2D eigenvalue weighted by Gasteiger charge is -2.29. The number of hydrogen-bond acceptors (Lipinski definition) is 3. The molecule has 0 aromatic rings. The summed E-state index contributed by atoms with van der Waals surface area (Å²) < 4.78 is 0. The quantitative estimate of drug-likeness (QED) is 0.614. The molecule has 0 rings (SSSR count). The minimum atomic E-state index is -0.0808. The molecule has 0 saturated carbocycles. The van der Waals surface area contributed by atoms with Gasteiger partial charge in [0, 0.05) is 12.6 Å². The molecule has 0 spiro atoms. The van der Waals surface area contributed by atoms with Gasteiger partial charge in [0.25, 0.3) is 0 Å². The van der Waals surface area contributed by atoms with Crippen LogP contribution in [0.2, 0.25) is 0 Å². The first-order valence-electron chi connectivity index (χ1n) is 4.81. The van der Waals surface area contributed by atoms with Gasteiger partial charge in [-0.1, -0.05) is 13.8 Å². The molecule has 0 aliphatic rings. The number of nitrogens with zero attached hydrogens (tertiary/aromatic N) is 1. The molecule has 0 bridgehead atoms. The fourth-order valence-corrected chi connectivity index (χ4v) is 1.47. The summed E-state index contributed by atoms with van der Waals surface area (Å²) in [6.45, 7) is 4.48. The van der Waals surface area contributed by atoms with Crippen LogP contribution in [0.1, 0.15) is 26.7 Å². The third-order valence-electron chi connectivity index (χ3n) is 2.22. The lowest BCUT2D eigenvalue weighted by Crippen LogP contribution is -2.44. The second-order valence-corrected chi connectivity index (χ2v) is 2.99. The van der Waals surface area contributed by atoms with Crippen molar-refractivity contribution < 1.29 is 9.90 Å². The van der Waals surface area contributed by atoms with Crippen molar-refractivity contribution in [2.45, 2.75) is 32.7 Å². The topological polar surface area (TPSA) is 66.6 Å². The van der Waals surface area contributed by atoms with Crippen molar-refractivity contribution in [1.82, 2.24) is 4.90 Å². The zero-order valence-electron chi connectivity index (χ0n) is 8.49. The summed E-state index contributed by atoms with van der Waals surface area (Å²) in [5.41, 5.74) is 5.28. The minimum Gasteiger partial charge on any atom is -0.395 e. The molecule has 0 aliphatic carbocycles. The monoisotopic (exact) mass is 188 g/mol. The molecule has 0 saturated heterocycles. The number of aliphatic hydroxyl groups excluding tert-OH is 1. The van der Waals surface area contributed by atoms with Gasteiger partial charge in [-0.25, -0.2) is 0 Å². The first-order chi connectivity index (χ1) is 6.21. The summed E-state index contributed by atoms with van der Waals surface area (Å²) in [6, 6.07) is 0.211. The number of nitrogens with two attached hydrogens (primary N) is 1. The maximum absolute atomic E-state index is 11.4. The van der Waals surface area contributed by atoms with E-state index in [0.29, 0.717) is 6.54 Å². The number of carbonyl (C=O) groups excluding carboxylic acids is 1. The van der Waals surface area contributed by atoms with Crippen LogP contribution < -0.4 is 5.73 Å². The van der Waals surface area contributed by atoms with Gasteiger partial charge in [-0.2, -0.15) is 0 Å². The summed E-state index contributed by atoms with van der Waals surface area (Å²) in [5, 5.41) is 8.79. The molecule has 0 radical (unpaired) electrons. The van der Waals surface area contributed by atoms with E-state index >= 15 is 0 Å². The molecule has 1 amide bonds. The molecular weight excluding hydrogens is 168 g/mol. The van der Waals surface area contributed by atoms with Crippen molar-refractivity contribution in [2.24, 2.45) is 5.73 Å². The number of rotatable bonds is 6. The molecule has 0 atom stereocenters. The van der Waals surface area contributed by atoms with Gasteiger partial charge in [0.15, 0.2) is 0 Å². The van der Waals surface area contributed by atoms with Crippen molar-refractivity contribution in [3.05, 3.63) is 0 Å². The van der Waals surface area contributed by atoms with E-state index in [1.807, 2.05) is 13.8 Å². The highest BCUT2D eigenvalue weighted by atomic mass is 16.3. The number of carbonyl (C=O) groups is 1. The third-order valence-corrected chi connectivity index (χ3v) is 2.22. The van der Waals surface area contributed by atoms with Crippen LogP contribution in [0.4, 0.5) is 0 Å². The van der Waals surface area contributed by atoms with Gasteiger partial charge in [-0.3, -0.25) is 4.79 Å². The number of hydrogen-bond donors (Lipinski definition) is 2. The van der Waals surface area contributed by atoms with Gasteiger partial charge < -0.3 is 15.7 Å². The van der Waals surface area contributed by atoms with E-state index < -0.39 is 0 Å². The Morgan fingerprint density at radius 2 is 2.00 bits per heavy atom. The summed E-state index contributed by atoms with van der Waals surface area (Å²) >= 11 is 0. The Labute approximate surface area is 79.7 Å². The summed E-state index contributed by atoms with van der Waals surface area (Å²) in [5.74, 6) is -0.0808. The molecule has 4 heteroatoms. The average molecular weight is 188 g/mol. The second kappa shape index (κ2) is 6.86. The maximum atomic E-state index is 11.4. The van der Waals surface area contributed by atoms with Crippen molar-refractivity contribution in [1.29, 1.82) is 0 Å². The smallest absolute Gasteiger partial charge is 0.236 e. The second-order valence-electron chi connectivity index (χ2n) is 2.99. The van der Waals surface area contributed by atoms with Crippen LogP contribution in [0.15, 0.2) is 0 Å². The van der Waals surface area contributed by atoms with E-state index in [1.165, 1.54) is 0 Å². The molecule has 0 aromatic heterocycles. The summed E-state index contributed by atoms with van der Waals surface area (Å²) in [4.78, 5) is 13.0. The summed E-state index contributed by atoms with van der Waals surface area (Å²) in [6.07, 6.45) is 1.81. The van der Waals surface area contributed by atoms with Gasteiger partial charge in [0.2, 0.25) is 5.91 Å². The normalized spacial score (nSPS) is 10.5. The Balaban J connectivity index is 4.28. The van der Waals surface area contributed by atoms with Crippen LogP contribution in [0, 0.1) is 0 Å². The van der Waals surface area contributed by atoms with Crippen LogP contribution in [0.25, 0.3) is 0 Å². The first-order valence-corrected chi connectivity index (χ1v) is 4.81. The van der Waals surface area contributed by atoms with Crippen molar-refractivity contribution in [3.8, 4) is 0 Å². The average Bonchev–Trinajstić information content (AvgIpc) is 2.17. The van der Waals surface area contributed by atoms with Gasteiger partial charge in [-0.15, -0.1) is 0 Å². The van der Waals surface area contributed by atoms with E-state index in [0.717, 1.165) is 12.8 Å². The van der Waals surface area contributed by atoms with Gasteiger partial charge >= 0.3 is 0 Å². The Morgan fingerprint density at radius 3 is 2.31 bits per heavy atom. The highest BCUT2D eigenvalue weighted by molar-refractivity contribution is 5.78. The number of aliphatic hydroxyl groups is 1. The SMILES string of the molecule is CCC(CC)N(CCO)C(=O)CN. The summed E-state index contributed by atoms with van der Waals surface area (Å²) in [7, 11) is 0. The van der Waals surface area contributed by atoms with Crippen molar-refractivity contribution in [2.75, 3.05) is 19.7 Å². The largest absolute Gasteiger partial charge is 0.395 e. The number of amides is 1. The Hall–Kier alpha value is -0.610. The lowest BCUT2D eigenvalue weighted by atomic mass is 10.1. The van der Waals surface area contributed by atoms with E-state index in [-0.39, 0.29) is 25.1 Å². The Morgan fingerprint density at radius 1 is 1.46 bits per heavy atom. The molecule has 0 unspecified atom stereocenters. The van der Waals surface area contributed by atoms with E-state index in [2.05, 4.69) is 0 Å². The molecular formula is C9H20N2O2. The zero-order valence-corrected chi connectivity index (χ0v) is 8.49. The van der Waals surface area contributed by atoms with Crippen LogP contribution in [0.3, 0.4) is 0 Å². The Kier molecular flexibility index (Phi) is 6.54. The molecule has 4 nitrogen and oxygen atoms in total. The van der Waals surface area contributed by atoms with Crippen LogP contribution in [0.5, 0.6) is 0 Å². The van der Waals surface area contributed by atoms with Gasteiger partial charge in [-0.05, 0) is 12.8 Å². The fourth-order valence-electron chi connectivity index (χ4n) is 1.47. The molecule has 3 N–H and O–H groups in total. The van der Waals surface area contributed by atoms with Crippen LogP contribution in [-0.4, -0.2) is 41.7 Å². The van der Waals surface area contributed by atoms with Gasteiger partial charge in [0.05, 0.1) is 13.2 Å². The third kappa shape index (κ3) is 3.74. The molecule has 78 valence electrons. The first kappa shape index (κ1) is 12.4. The predicted molar refractivity (Wildman–Crippen MR) is 52.2 cm³/mol. The minimum absolute atomic E-state index is 0.00222. The molecule has 13 heavy (non-hydrogen) atoms. The van der Waals surface area contributed by atoms with Gasteiger partial charge in [0.1, 0.15) is 0 Å². The highest BCUT2D eigenvalue weighted by Gasteiger charge is 2.18. The van der Waals surface area contributed by atoms with Crippen molar-refractivity contribution >= 4 is 5.91 Å². The highest BCUT2D eigenvalue weighted by Crippen LogP contribution is 2.07. The van der Waals surface area contributed by atoms with E-state index in [4.69, 9.17) is 10.8 Å².